The van der Waals surface area contributed by atoms with Gasteiger partial charge in [-0.3, -0.25) is 14.5 Å². The van der Waals surface area contributed by atoms with Crippen LogP contribution in [-0.4, -0.2) is 35.7 Å². The molecule has 0 atom stereocenters. The first-order valence-corrected chi connectivity index (χ1v) is 5.67. The molecule has 1 aliphatic carbocycles. The fourth-order valence-corrected chi connectivity index (χ4v) is 2.12. The Bertz CT molecular complexity index is 235. The highest BCUT2D eigenvalue weighted by atomic mass is 16.1. The summed E-state index contributed by atoms with van der Waals surface area (Å²) in [7, 11) is 0. The maximum atomic E-state index is 11.4. The molecule has 1 fully saturated rings. The van der Waals surface area contributed by atoms with Gasteiger partial charge >= 0.3 is 0 Å². The highest BCUT2D eigenvalue weighted by Gasteiger charge is 2.24. The van der Waals surface area contributed by atoms with Crippen LogP contribution in [0.3, 0.4) is 0 Å². The molecule has 86 valence electrons. The largest absolute Gasteiger partial charge is 0.369 e. The van der Waals surface area contributed by atoms with Gasteiger partial charge in [0.25, 0.3) is 0 Å². The van der Waals surface area contributed by atoms with E-state index < -0.39 is 0 Å². The van der Waals surface area contributed by atoms with Crippen molar-refractivity contribution in [2.75, 3.05) is 13.1 Å². The van der Waals surface area contributed by atoms with E-state index in [1.54, 1.807) is 0 Å². The number of ketones is 1. The number of carbonyl (C=O) groups is 2. The Balaban J connectivity index is 2.51. The molecule has 0 radical (unpaired) electrons. The van der Waals surface area contributed by atoms with Gasteiger partial charge in [-0.25, -0.2) is 0 Å². The molecule has 4 nitrogen and oxygen atoms in total. The Labute approximate surface area is 90.8 Å². The monoisotopic (exact) mass is 212 g/mol. The van der Waals surface area contributed by atoms with Crippen molar-refractivity contribution in [1.82, 2.24) is 4.90 Å². The van der Waals surface area contributed by atoms with Gasteiger partial charge in [0.2, 0.25) is 5.91 Å². The number of nitrogens with zero attached hydrogens (tertiary/aromatic N) is 1. The van der Waals surface area contributed by atoms with E-state index in [1.807, 2.05) is 11.8 Å². The van der Waals surface area contributed by atoms with Crippen molar-refractivity contribution >= 4 is 11.7 Å². The molecule has 1 saturated carbocycles. The van der Waals surface area contributed by atoms with Crippen molar-refractivity contribution in [3.05, 3.63) is 0 Å². The molecule has 0 saturated heterocycles. The van der Waals surface area contributed by atoms with Gasteiger partial charge in [0, 0.05) is 12.5 Å². The third kappa shape index (κ3) is 4.00. The second-order valence-electron chi connectivity index (χ2n) is 4.20. The molecule has 1 amide bonds. The van der Waals surface area contributed by atoms with Crippen LogP contribution in [0.1, 0.15) is 39.0 Å². The zero-order valence-corrected chi connectivity index (χ0v) is 9.37. The van der Waals surface area contributed by atoms with Crippen LogP contribution < -0.4 is 5.73 Å². The molecule has 2 N–H and O–H groups in total. The molecular weight excluding hydrogens is 192 g/mol. The minimum Gasteiger partial charge on any atom is -0.369 e. The first kappa shape index (κ1) is 12.2. The van der Waals surface area contributed by atoms with Gasteiger partial charge in [-0.2, -0.15) is 0 Å². The maximum absolute atomic E-state index is 11.4. The normalized spacial score (nSPS) is 17.2. The summed E-state index contributed by atoms with van der Waals surface area (Å²) in [6.45, 7) is 2.44. The number of Topliss-reactive ketones (excluding diaryl/α,β-unsaturated/α-hetero) is 1. The van der Waals surface area contributed by atoms with Crippen molar-refractivity contribution in [1.29, 1.82) is 0 Å². The lowest BCUT2D eigenvalue weighted by Crippen LogP contribution is -2.42. The zero-order valence-electron chi connectivity index (χ0n) is 9.37. The lowest BCUT2D eigenvalue weighted by molar-refractivity contribution is -0.123. The number of amides is 1. The van der Waals surface area contributed by atoms with Crippen molar-refractivity contribution in [3.63, 3.8) is 0 Å². The second-order valence-corrected chi connectivity index (χ2v) is 4.20. The van der Waals surface area contributed by atoms with Crippen LogP contribution in [0, 0.1) is 0 Å². The molecule has 0 bridgehead atoms. The predicted octanol–water partition coefficient (Wildman–Crippen LogP) is 0.695. The molecule has 15 heavy (non-hydrogen) atoms. The summed E-state index contributed by atoms with van der Waals surface area (Å²) in [5, 5.41) is 0. The standard InChI is InChI=1S/C11H20N2O2/c1-2-10(14)7-13(8-11(12)15)9-5-3-4-6-9/h9H,2-8H2,1H3,(H2,12,15). The van der Waals surface area contributed by atoms with Gasteiger partial charge in [-0.05, 0) is 12.8 Å². The Morgan fingerprint density at radius 1 is 1.27 bits per heavy atom. The first-order chi connectivity index (χ1) is 7.13. The van der Waals surface area contributed by atoms with Crippen LogP contribution >= 0.6 is 0 Å². The molecular formula is C11H20N2O2. The smallest absolute Gasteiger partial charge is 0.231 e. The summed E-state index contributed by atoms with van der Waals surface area (Å²) in [5.41, 5.74) is 5.19. The van der Waals surface area contributed by atoms with Crippen molar-refractivity contribution < 1.29 is 9.59 Å². The summed E-state index contributed by atoms with van der Waals surface area (Å²) in [5.74, 6) is -0.158. The van der Waals surface area contributed by atoms with E-state index in [4.69, 9.17) is 5.73 Å². The molecule has 0 unspecified atom stereocenters. The lowest BCUT2D eigenvalue weighted by atomic mass is 10.2. The number of hydrogen-bond donors (Lipinski definition) is 1. The van der Waals surface area contributed by atoms with Crippen LogP contribution in [0.15, 0.2) is 0 Å². The Hall–Kier alpha value is -0.900. The van der Waals surface area contributed by atoms with E-state index in [9.17, 15) is 9.59 Å². The van der Waals surface area contributed by atoms with Gasteiger partial charge < -0.3 is 5.73 Å². The molecule has 4 heteroatoms. The highest BCUT2D eigenvalue weighted by molar-refractivity contribution is 5.81. The van der Waals surface area contributed by atoms with Crippen molar-refractivity contribution in [2.24, 2.45) is 5.73 Å². The number of carbonyl (C=O) groups excluding carboxylic acids is 2. The Morgan fingerprint density at radius 3 is 2.33 bits per heavy atom. The van der Waals surface area contributed by atoms with Gasteiger partial charge in [0.1, 0.15) is 5.78 Å². The molecule has 0 aromatic carbocycles. The predicted molar refractivity (Wildman–Crippen MR) is 58.3 cm³/mol. The third-order valence-corrected chi connectivity index (χ3v) is 2.97. The summed E-state index contributed by atoms with van der Waals surface area (Å²) in [6, 6.07) is 0.382. The summed E-state index contributed by atoms with van der Waals surface area (Å²) in [6.07, 6.45) is 5.09. The molecule has 0 aliphatic heterocycles. The van der Waals surface area contributed by atoms with E-state index in [2.05, 4.69) is 0 Å². The van der Waals surface area contributed by atoms with Crippen LogP contribution in [-0.2, 0) is 9.59 Å². The van der Waals surface area contributed by atoms with E-state index >= 15 is 0 Å². The minimum atomic E-state index is -0.342. The van der Waals surface area contributed by atoms with E-state index in [0.29, 0.717) is 19.0 Å². The van der Waals surface area contributed by atoms with Crippen LogP contribution in [0.4, 0.5) is 0 Å². The summed E-state index contributed by atoms with van der Waals surface area (Å²) < 4.78 is 0. The van der Waals surface area contributed by atoms with Crippen molar-refractivity contribution in [3.8, 4) is 0 Å². The molecule has 1 aliphatic rings. The number of nitrogens with two attached hydrogens (primary N) is 1. The average molecular weight is 212 g/mol. The van der Waals surface area contributed by atoms with Crippen LogP contribution in [0.5, 0.6) is 0 Å². The summed E-state index contributed by atoms with van der Waals surface area (Å²) in [4.78, 5) is 24.2. The molecule has 0 spiro atoms. The van der Waals surface area contributed by atoms with E-state index in [1.165, 1.54) is 12.8 Å². The van der Waals surface area contributed by atoms with E-state index in [-0.39, 0.29) is 18.2 Å². The average Bonchev–Trinajstić information content (AvgIpc) is 2.68. The fourth-order valence-electron chi connectivity index (χ4n) is 2.12. The second kappa shape index (κ2) is 5.85. The quantitative estimate of drug-likeness (QED) is 0.704. The van der Waals surface area contributed by atoms with Crippen molar-refractivity contribution in [2.45, 2.75) is 45.1 Å². The number of rotatable bonds is 6. The van der Waals surface area contributed by atoms with Crippen LogP contribution in [0.2, 0.25) is 0 Å². The minimum absolute atomic E-state index is 0.183. The van der Waals surface area contributed by atoms with Gasteiger partial charge in [-0.1, -0.05) is 19.8 Å². The molecule has 1 rings (SSSR count). The molecule has 0 aromatic heterocycles. The third-order valence-electron chi connectivity index (χ3n) is 2.97. The fraction of sp³-hybridized carbons (Fsp3) is 0.818. The number of hydrogen-bond acceptors (Lipinski definition) is 3. The highest BCUT2D eigenvalue weighted by Crippen LogP contribution is 2.23. The van der Waals surface area contributed by atoms with Gasteiger partial charge in [0.15, 0.2) is 0 Å². The van der Waals surface area contributed by atoms with Gasteiger partial charge in [0.05, 0.1) is 13.1 Å². The first-order valence-electron chi connectivity index (χ1n) is 5.67. The molecule has 0 heterocycles. The zero-order chi connectivity index (χ0) is 11.3. The van der Waals surface area contributed by atoms with E-state index in [0.717, 1.165) is 12.8 Å². The lowest BCUT2D eigenvalue weighted by Gasteiger charge is -2.26. The van der Waals surface area contributed by atoms with Crippen LogP contribution in [0.25, 0.3) is 0 Å². The summed E-state index contributed by atoms with van der Waals surface area (Å²) >= 11 is 0. The Kier molecular flexibility index (Phi) is 4.75. The topological polar surface area (TPSA) is 63.4 Å². The number of primary amides is 1. The SMILES string of the molecule is CCC(=O)CN(CC(N)=O)C1CCCC1. The van der Waals surface area contributed by atoms with Gasteiger partial charge in [-0.15, -0.1) is 0 Å². The molecule has 0 aromatic rings. The Morgan fingerprint density at radius 2 is 1.87 bits per heavy atom. The maximum Gasteiger partial charge on any atom is 0.231 e.